The molecule has 30 heavy (non-hydrogen) atoms. The molecule has 0 saturated carbocycles. The van der Waals surface area contributed by atoms with E-state index in [0.717, 1.165) is 22.2 Å². The summed E-state index contributed by atoms with van der Waals surface area (Å²) in [5.41, 5.74) is 5.48. The Morgan fingerprint density at radius 3 is 2.50 bits per heavy atom. The van der Waals surface area contributed by atoms with Crippen LogP contribution in [0.3, 0.4) is 0 Å². The Hall–Kier alpha value is -3.13. The van der Waals surface area contributed by atoms with Gasteiger partial charge in [0.1, 0.15) is 11.2 Å². The number of sulfonamides is 1. The van der Waals surface area contributed by atoms with Gasteiger partial charge in [0.25, 0.3) is 0 Å². The highest BCUT2D eigenvalue weighted by Gasteiger charge is 2.19. The minimum atomic E-state index is -3.32. The lowest BCUT2D eigenvalue weighted by atomic mass is 9.87. The van der Waals surface area contributed by atoms with Crippen molar-refractivity contribution < 1.29 is 12.8 Å². The predicted octanol–water partition coefficient (Wildman–Crippen LogP) is 4.94. The number of nitrogens with zero attached hydrogens (tertiary/aromatic N) is 2. The molecular weight excluding hydrogens is 400 g/mol. The number of fused-ring (bicyclic) bond motifs is 1. The third-order valence-corrected chi connectivity index (χ3v) is 6.24. The molecule has 0 atom stereocenters. The molecule has 2 aromatic carbocycles. The lowest BCUT2D eigenvalue weighted by molar-refractivity contribution is 0.590. The molecule has 0 amide bonds. The number of aromatic amines is 1. The highest BCUT2D eigenvalue weighted by molar-refractivity contribution is 7.92. The van der Waals surface area contributed by atoms with E-state index in [4.69, 9.17) is 4.42 Å². The lowest BCUT2D eigenvalue weighted by Crippen LogP contribution is -2.14. The summed E-state index contributed by atoms with van der Waals surface area (Å²) >= 11 is 0. The van der Waals surface area contributed by atoms with Gasteiger partial charge in [-0.15, -0.1) is 0 Å². The van der Waals surface area contributed by atoms with Crippen LogP contribution in [0, 0.1) is 0 Å². The average Bonchev–Trinajstić information content (AvgIpc) is 3.33. The van der Waals surface area contributed by atoms with Gasteiger partial charge < -0.3 is 4.42 Å². The maximum Gasteiger partial charge on any atom is 0.232 e. The molecule has 4 rings (SSSR count). The van der Waals surface area contributed by atoms with Crippen molar-refractivity contribution in [1.82, 2.24) is 15.2 Å². The summed E-state index contributed by atoms with van der Waals surface area (Å²) < 4.78 is 32.0. The van der Waals surface area contributed by atoms with E-state index in [1.807, 2.05) is 18.2 Å². The second-order valence-electron chi connectivity index (χ2n) is 8.18. The van der Waals surface area contributed by atoms with Crippen LogP contribution in [-0.4, -0.2) is 29.4 Å². The van der Waals surface area contributed by atoms with Crippen LogP contribution >= 0.6 is 0 Å². The van der Waals surface area contributed by atoms with Gasteiger partial charge in [-0.1, -0.05) is 39.0 Å². The first-order valence-corrected chi connectivity index (χ1v) is 11.4. The summed E-state index contributed by atoms with van der Waals surface area (Å²) in [5.74, 6) is 0.503. The van der Waals surface area contributed by atoms with Crippen molar-refractivity contribution in [1.29, 1.82) is 0 Å². The van der Waals surface area contributed by atoms with Crippen molar-refractivity contribution in [3.8, 4) is 22.7 Å². The van der Waals surface area contributed by atoms with Gasteiger partial charge in [0, 0.05) is 17.4 Å². The first-order valence-electron chi connectivity index (χ1n) is 9.72. The molecule has 2 N–H and O–H groups in total. The van der Waals surface area contributed by atoms with Crippen LogP contribution in [0.5, 0.6) is 0 Å². The van der Waals surface area contributed by atoms with Crippen molar-refractivity contribution in [2.24, 2.45) is 0 Å². The maximum atomic E-state index is 11.7. The zero-order valence-electron chi connectivity index (χ0n) is 17.4. The second-order valence-corrected chi connectivity index (χ2v) is 10.2. The average molecular weight is 425 g/mol. The number of anilines is 1. The Kier molecular flexibility index (Phi) is 4.89. The molecule has 0 fully saturated rings. The minimum absolute atomic E-state index is 0.0208. The van der Waals surface area contributed by atoms with Crippen molar-refractivity contribution in [2.75, 3.05) is 10.5 Å². The monoisotopic (exact) mass is 424 g/mol. The molecule has 0 unspecified atom stereocenters. The summed E-state index contributed by atoms with van der Waals surface area (Å²) in [6.45, 7) is 8.08. The van der Waals surface area contributed by atoms with Gasteiger partial charge in [-0.2, -0.15) is 5.10 Å². The molecule has 0 spiro atoms. The zero-order chi connectivity index (χ0) is 21.5. The molecule has 2 aromatic heterocycles. The zero-order valence-corrected chi connectivity index (χ0v) is 18.2. The summed E-state index contributed by atoms with van der Waals surface area (Å²) in [6, 6.07) is 13.1. The van der Waals surface area contributed by atoms with Crippen molar-refractivity contribution >= 4 is 26.8 Å². The van der Waals surface area contributed by atoms with E-state index in [-0.39, 0.29) is 11.2 Å². The standard InChI is InChI=1S/C22H24N4O3S/c1-5-30(27,28)26-16-9-6-14(7-10-16)20-17(13-23-25-20)21-24-18-12-15(22(2,3)4)8-11-19(18)29-21/h6-13,26H,5H2,1-4H3,(H,23,25). The van der Waals surface area contributed by atoms with Gasteiger partial charge in [-0.25, -0.2) is 13.4 Å². The first-order chi connectivity index (χ1) is 14.2. The van der Waals surface area contributed by atoms with Gasteiger partial charge in [0.15, 0.2) is 5.58 Å². The van der Waals surface area contributed by atoms with Crippen LogP contribution in [0.1, 0.15) is 33.3 Å². The number of aromatic nitrogens is 3. The Labute approximate surface area is 175 Å². The number of benzene rings is 2. The van der Waals surface area contributed by atoms with Crippen LogP contribution in [0.2, 0.25) is 0 Å². The molecule has 0 bridgehead atoms. The Balaban J connectivity index is 1.68. The number of hydrogen-bond donors (Lipinski definition) is 2. The summed E-state index contributed by atoms with van der Waals surface area (Å²) in [5, 5.41) is 7.22. The molecule has 0 aliphatic rings. The molecule has 7 nitrogen and oxygen atoms in total. The van der Waals surface area contributed by atoms with E-state index in [2.05, 4.69) is 52.8 Å². The van der Waals surface area contributed by atoms with Crippen molar-refractivity contribution in [2.45, 2.75) is 33.1 Å². The van der Waals surface area contributed by atoms with E-state index in [1.54, 1.807) is 25.3 Å². The topological polar surface area (TPSA) is 101 Å². The highest BCUT2D eigenvalue weighted by Crippen LogP contribution is 2.33. The second kappa shape index (κ2) is 7.28. The molecule has 0 aliphatic heterocycles. The van der Waals surface area contributed by atoms with Gasteiger partial charge in [0.05, 0.1) is 11.3 Å². The highest BCUT2D eigenvalue weighted by atomic mass is 32.2. The Bertz CT molecular complexity index is 1300. The normalized spacial score (nSPS) is 12.4. The van der Waals surface area contributed by atoms with E-state index in [0.29, 0.717) is 17.3 Å². The fourth-order valence-corrected chi connectivity index (χ4v) is 3.77. The van der Waals surface area contributed by atoms with Crippen LogP contribution < -0.4 is 4.72 Å². The number of H-pyrrole nitrogens is 1. The number of nitrogens with one attached hydrogen (secondary N) is 2. The summed E-state index contributed by atoms with van der Waals surface area (Å²) in [6.07, 6.45) is 1.75. The molecule has 2 heterocycles. The summed E-state index contributed by atoms with van der Waals surface area (Å²) in [7, 11) is -3.32. The Morgan fingerprint density at radius 2 is 1.83 bits per heavy atom. The number of hydrogen-bond acceptors (Lipinski definition) is 5. The number of oxazole rings is 1. The van der Waals surface area contributed by atoms with Crippen LogP contribution in [0.4, 0.5) is 5.69 Å². The quantitative estimate of drug-likeness (QED) is 0.472. The predicted molar refractivity (Wildman–Crippen MR) is 119 cm³/mol. The molecule has 0 saturated heterocycles. The van der Waals surface area contributed by atoms with Gasteiger partial charge in [0.2, 0.25) is 15.9 Å². The fraction of sp³-hybridized carbons (Fsp3) is 0.273. The first kappa shape index (κ1) is 20.2. The largest absolute Gasteiger partial charge is 0.436 e. The molecule has 8 heteroatoms. The smallest absolute Gasteiger partial charge is 0.232 e. The molecule has 0 radical (unpaired) electrons. The van der Waals surface area contributed by atoms with E-state index < -0.39 is 10.0 Å². The third kappa shape index (κ3) is 3.95. The SMILES string of the molecule is CCS(=O)(=O)Nc1ccc(-c2n[nH]cc2-c2nc3cc(C(C)(C)C)ccc3o2)cc1. The fourth-order valence-electron chi connectivity index (χ4n) is 3.13. The molecule has 156 valence electrons. The molecule has 4 aromatic rings. The van der Waals surface area contributed by atoms with Gasteiger partial charge in [-0.3, -0.25) is 9.82 Å². The maximum absolute atomic E-state index is 11.7. The van der Waals surface area contributed by atoms with E-state index in [9.17, 15) is 8.42 Å². The Morgan fingerprint density at radius 1 is 1.10 bits per heavy atom. The van der Waals surface area contributed by atoms with E-state index >= 15 is 0 Å². The summed E-state index contributed by atoms with van der Waals surface area (Å²) in [4.78, 5) is 4.67. The molecular formula is C22H24N4O3S. The third-order valence-electron chi connectivity index (χ3n) is 4.94. The van der Waals surface area contributed by atoms with Gasteiger partial charge in [-0.05, 0) is 42.2 Å². The molecule has 0 aliphatic carbocycles. The minimum Gasteiger partial charge on any atom is -0.436 e. The van der Waals surface area contributed by atoms with Crippen molar-refractivity contribution in [3.63, 3.8) is 0 Å². The van der Waals surface area contributed by atoms with Crippen LogP contribution in [0.25, 0.3) is 33.8 Å². The van der Waals surface area contributed by atoms with Crippen LogP contribution in [0.15, 0.2) is 53.1 Å². The van der Waals surface area contributed by atoms with E-state index in [1.165, 1.54) is 5.56 Å². The van der Waals surface area contributed by atoms with Gasteiger partial charge >= 0.3 is 0 Å². The van der Waals surface area contributed by atoms with Crippen LogP contribution in [-0.2, 0) is 15.4 Å². The van der Waals surface area contributed by atoms with Crippen molar-refractivity contribution in [3.05, 3.63) is 54.2 Å². The lowest BCUT2D eigenvalue weighted by Gasteiger charge is -2.18. The number of rotatable bonds is 5.